The zero-order valence-electron chi connectivity index (χ0n) is 14.3. The molecule has 0 bridgehead atoms. The molecule has 0 fully saturated rings. The van der Waals surface area contributed by atoms with Gasteiger partial charge in [-0.3, -0.25) is 25.2 Å². The Hall–Kier alpha value is -3.32. The number of para-hydroxylation sites is 1. The first-order valence-electron chi connectivity index (χ1n) is 8.14. The van der Waals surface area contributed by atoms with Gasteiger partial charge in [-0.25, -0.2) is 0 Å². The Balaban J connectivity index is 1.92. The summed E-state index contributed by atoms with van der Waals surface area (Å²) in [5, 5.41) is 11.2. The molecule has 2 amide bonds. The monoisotopic (exact) mass is 385 g/mol. The van der Waals surface area contributed by atoms with Crippen molar-refractivity contribution >= 4 is 34.3 Å². The molecule has 0 unspecified atom stereocenters. The van der Waals surface area contributed by atoms with Gasteiger partial charge in [0.2, 0.25) is 0 Å². The molecule has 0 saturated carbocycles. The zero-order chi connectivity index (χ0) is 19.6. The standard InChI is InChI=1S/C19H16ClN3O4/c1-2-23-14-9-4-3-8-13(14)16(24)15(19(23)27)18(26)22-21-17(25)11-6-5-7-12(20)10-11/h3-10,24H,2H2,1H3,(H,21,25)(H,22,26). The smallest absolute Gasteiger partial charge is 0.279 e. The van der Waals surface area contributed by atoms with Crippen molar-refractivity contribution in [2.24, 2.45) is 0 Å². The van der Waals surface area contributed by atoms with Gasteiger partial charge in [0.05, 0.1) is 5.52 Å². The van der Waals surface area contributed by atoms with E-state index in [2.05, 4.69) is 10.9 Å². The van der Waals surface area contributed by atoms with Gasteiger partial charge in [0.15, 0.2) is 0 Å². The fraction of sp³-hybridized carbons (Fsp3) is 0.105. The Morgan fingerprint density at radius 2 is 1.78 bits per heavy atom. The molecular formula is C19H16ClN3O4. The fourth-order valence-corrected chi connectivity index (χ4v) is 2.98. The molecule has 27 heavy (non-hydrogen) atoms. The van der Waals surface area contributed by atoms with Gasteiger partial charge in [-0.15, -0.1) is 0 Å². The molecule has 1 heterocycles. The Labute approximate surface area is 159 Å². The number of pyridine rings is 1. The van der Waals surface area contributed by atoms with Crippen LogP contribution in [0.2, 0.25) is 5.02 Å². The molecule has 0 aliphatic rings. The summed E-state index contributed by atoms with van der Waals surface area (Å²) in [6.07, 6.45) is 0. The molecule has 0 aliphatic heterocycles. The van der Waals surface area contributed by atoms with E-state index in [0.29, 0.717) is 22.5 Å². The van der Waals surface area contributed by atoms with Crippen LogP contribution in [0.4, 0.5) is 0 Å². The minimum absolute atomic E-state index is 0.233. The van der Waals surface area contributed by atoms with Crippen LogP contribution in [0, 0.1) is 0 Å². The summed E-state index contributed by atoms with van der Waals surface area (Å²) in [7, 11) is 0. The van der Waals surface area contributed by atoms with Crippen molar-refractivity contribution in [2.75, 3.05) is 0 Å². The number of benzene rings is 2. The largest absolute Gasteiger partial charge is 0.506 e. The second-order valence-corrected chi connectivity index (χ2v) is 6.15. The molecule has 3 aromatic rings. The fourth-order valence-electron chi connectivity index (χ4n) is 2.79. The molecule has 0 spiro atoms. The number of rotatable bonds is 3. The van der Waals surface area contributed by atoms with E-state index in [-0.39, 0.29) is 5.56 Å². The summed E-state index contributed by atoms with van der Waals surface area (Å²) < 4.78 is 1.38. The van der Waals surface area contributed by atoms with Crippen LogP contribution >= 0.6 is 11.6 Å². The molecule has 0 saturated heterocycles. The van der Waals surface area contributed by atoms with Gasteiger partial charge in [0.1, 0.15) is 11.3 Å². The number of carbonyl (C=O) groups excluding carboxylic acids is 2. The van der Waals surface area contributed by atoms with Crippen molar-refractivity contribution in [3.63, 3.8) is 0 Å². The molecule has 7 nitrogen and oxygen atoms in total. The van der Waals surface area contributed by atoms with Crippen molar-refractivity contribution in [3.05, 3.63) is 75.0 Å². The van der Waals surface area contributed by atoms with Gasteiger partial charge in [-0.1, -0.05) is 29.8 Å². The summed E-state index contributed by atoms with van der Waals surface area (Å²) in [5.41, 5.74) is 4.02. The second-order valence-electron chi connectivity index (χ2n) is 5.71. The average Bonchev–Trinajstić information content (AvgIpc) is 2.66. The van der Waals surface area contributed by atoms with Crippen molar-refractivity contribution < 1.29 is 14.7 Å². The number of aromatic nitrogens is 1. The zero-order valence-corrected chi connectivity index (χ0v) is 15.1. The van der Waals surface area contributed by atoms with E-state index in [1.807, 2.05) is 0 Å². The topological polar surface area (TPSA) is 100 Å². The summed E-state index contributed by atoms with van der Waals surface area (Å²) in [5.74, 6) is -1.96. The van der Waals surface area contributed by atoms with Gasteiger partial charge in [-0.2, -0.15) is 0 Å². The highest BCUT2D eigenvalue weighted by molar-refractivity contribution is 6.31. The van der Waals surface area contributed by atoms with Crippen LogP contribution in [0.25, 0.3) is 10.9 Å². The van der Waals surface area contributed by atoms with E-state index in [9.17, 15) is 19.5 Å². The maximum absolute atomic E-state index is 12.6. The normalized spacial score (nSPS) is 10.6. The number of nitrogens with zero attached hydrogens (tertiary/aromatic N) is 1. The highest BCUT2D eigenvalue weighted by Gasteiger charge is 2.22. The summed E-state index contributed by atoms with van der Waals surface area (Å²) >= 11 is 5.83. The van der Waals surface area contributed by atoms with E-state index in [1.54, 1.807) is 43.3 Å². The number of carbonyl (C=O) groups is 2. The molecular weight excluding hydrogens is 370 g/mol. The molecule has 2 aromatic carbocycles. The van der Waals surface area contributed by atoms with E-state index in [4.69, 9.17) is 11.6 Å². The Kier molecular flexibility index (Phi) is 5.14. The number of nitrogens with one attached hydrogen (secondary N) is 2. The molecule has 0 atom stereocenters. The highest BCUT2D eigenvalue weighted by Crippen LogP contribution is 2.26. The number of hydrogen-bond donors (Lipinski definition) is 3. The Morgan fingerprint density at radius 3 is 2.48 bits per heavy atom. The summed E-state index contributed by atoms with van der Waals surface area (Å²) in [6.45, 7) is 2.07. The van der Waals surface area contributed by atoms with Crippen LogP contribution in [0.3, 0.4) is 0 Å². The van der Waals surface area contributed by atoms with E-state index < -0.39 is 28.7 Å². The molecule has 1 aromatic heterocycles. The third kappa shape index (κ3) is 3.50. The lowest BCUT2D eigenvalue weighted by Gasteiger charge is -2.14. The van der Waals surface area contributed by atoms with Gasteiger partial charge in [-0.05, 0) is 37.3 Å². The summed E-state index contributed by atoms with van der Waals surface area (Å²) in [4.78, 5) is 37.2. The number of aromatic hydroxyl groups is 1. The quantitative estimate of drug-likeness (QED) is 0.603. The minimum atomic E-state index is -0.916. The highest BCUT2D eigenvalue weighted by atomic mass is 35.5. The maximum Gasteiger partial charge on any atom is 0.279 e. The molecule has 0 radical (unpaired) electrons. The van der Waals surface area contributed by atoms with Crippen LogP contribution in [0.1, 0.15) is 27.6 Å². The molecule has 0 aliphatic carbocycles. The van der Waals surface area contributed by atoms with E-state index in [1.165, 1.54) is 16.7 Å². The van der Waals surface area contributed by atoms with Crippen LogP contribution in [-0.2, 0) is 6.54 Å². The minimum Gasteiger partial charge on any atom is -0.506 e. The second kappa shape index (κ2) is 7.51. The number of fused-ring (bicyclic) bond motifs is 1. The Morgan fingerprint density at radius 1 is 1.07 bits per heavy atom. The number of halogens is 1. The SMILES string of the molecule is CCn1c(=O)c(C(=O)NNC(=O)c2cccc(Cl)c2)c(O)c2ccccc21. The molecule has 3 N–H and O–H groups in total. The van der Waals surface area contributed by atoms with Gasteiger partial charge in [0, 0.05) is 22.5 Å². The summed E-state index contributed by atoms with van der Waals surface area (Å²) in [6, 6.07) is 12.9. The first-order valence-corrected chi connectivity index (χ1v) is 8.52. The first kappa shape index (κ1) is 18.5. The van der Waals surface area contributed by atoms with Crippen LogP contribution in [0.15, 0.2) is 53.3 Å². The third-order valence-corrected chi connectivity index (χ3v) is 4.30. The average molecular weight is 386 g/mol. The third-order valence-electron chi connectivity index (χ3n) is 4.07. The number of aryl methyl sites for hydroxylation is 1. The van der Waals surface area contributed by atoms with Gasteiger partial charge >= 0.3 is 0 Å². The number of hydrogen-bond acceptors (Lipinski definition) is 4. The molecule has 138 valence electrons. The van der Waals surface area contributed by atoms with Gasteiger partial charge in [0.25, 0.3) is 17.4 Å². The van der Waals surface area contributed by atoms with Crippen LogP contribution in [0.5, 0.6) is 5.75 Å². The van der Waals surface area contributed by atoms with Crippen molar-refractivity contribution in [1.29, 1.82) is 0 Å². The van der Waals surface area contributed by atoms with E-state index >= 15 is 0 Å². The lowest BCUT2D eigenvalue weighted by molar-refractivity contribution is 0.0844. The predicted molar refractivity (Wildman–Crippen MR) is 102 cm³/mol. The maximum atomic E-state index is 12.6. The van der Waals surface area contributed by atoms with Gasteiger partial charge < -0.3 is 9.67 Å². The molecule has 8 heteroatoms. The Bertz CT molecular complexity index is 1110. The van der Waals surface area contributed by atoms with Crippen molar-refractivity contribution in [2.45, 2.75) is 13.5 Å². The van der Waals surface area contributed by atoms with E-state index in [0.717, 1.165) is 0 Å². The number of hydrazine groups is 1. The first-order chi connectivity index (χ1) is 12.9. The van der Waals surface area contributed by atoms with Crippen molar-refractivity contribution in [3.8, 4) is 5.75 Å². The number of amides is 2. The predicted octanol–water partition coefficient (Wildman–Crippen LogP) is 2.46. The molecule has 3 rings (SSSR count). The van der Waals surface area contributed by atoms with Crippen molar-refractivity contribution in [1.82, 2.24) is 15.4 Å². The lowest BCUT2D eigenvalue weighted by atomic mass is 10.1. The van der Waals surface area contributed by atoms with Crippen LogP contribution < -0.4 is 16.4 Å². The van der Waals surface area contributed by atoms with Crippen LogP contribution in [-0.4, -0.2) is 21.5 Å². The lowest BCUT2D eigenvalue weighted by Crippen LogP contribution is -2.44.